The van der Waals surface area contributed by atoms with Gasteiger partial charge < -0.3 is 14.8 Å². The van der Waals surface area contributed by atoms with Crippen molar-refractivity contribution < 1.29 is 14.3 Å². The number of nitrogens with one attached hydrogen (secondary N) is 1. The van der Waals surface area contributed by atoms with Crippen LogP contribution < -0.4 is 14.8 Å². The zero-order valence-corrected chi connectivity index (χ0v) is 15.7. The third-order valence-electron chi connectivity index (χ3n) is 4.37. The van der Waals surface area contributed by atoms with E-state index in [1.807, 2.05) is 37.3 Å². The summed E-state index contributed by atoms with van der Waals surface area (Å²) in [6.07, 6.45) is 3.46. The molecule has 2 atom stereocenters. The van der Waals surface area contributed by atoms with E-state index in [9.17, 15) is 4.79 Å². The molecule has 1 aromatic heterocycles. The number of aromatic nitrogens is 1. The SMILES string of the molecule is COc1cc(C(C)N2C(=O)C(C)NC2=S)ccc1OCc1ccncc1. The van der Waals surface area contributed by atoms with Crippen LogP contribution in [0.4, 0.5) is 0 Å². The van der Waals surface area contributed by atoms with Crippen molar-refractivity contribution in [3.63, 3.8) is 0 Å². The smallest absolute Gasteiger partial charge is 0.251 e. The lowest BCUT2D eigenvalue weighted by Gasteiger charge is -2.24. The monoisotopic (exact) mass is 371 g/mol. The first-order valence-electron chi connectivity index (χ1n) is 8.34. The number of nitrogens with zero attached hydrogens (tertiary/aromatic N) is 2. The molecule has 1 saturated heterocycles. The van der Waals surface area contributed by atoms with Gasteiger partial charge in [-0.2, -0.15) is 0 Å². The van der Waals surface area contributed by atoms with Gasteiger partial charge in [0.2, 0.25) is 0 Å². The van der Waals surface area contributed by atoms with Gasteiger partial charge in [-0.15, -0.1) is 0 Å². The topological polar surface area (TPSA) is 63.7 Å². The number of amides is 1. The van der Waals surface area contributed by atoms with Crippen LogP contribution in [0.1, 0.15) is 31.0 Å². The summed E-state index contributed by atoms with van der Waals surface area (Å²) in [4.78, 5) is 17.9. The van der Waals surface area contributed by atoms with Crippen molar-refractivity contribution in [2.75, 3.05) is 7.11 Å². The fraction of sp³-hybridized carbons (Fsp3) is 0.316. The Morgan fingerprint density at radius 2 is 2.00 bits per heavy atom. The van der Waals surface area contributed by atoms with Crippen LogP contribution in [-0.4, -0.2) is 34.1 Å². The number of rotatable bonds is 6. The molecule has 1 fully saturated rings. The van der Waals surface area contributed by atoms with Crippen molar-refractivity contribution in [1.29, 1.82) is 0 Å². The highest BCUT2D eigenvalue weighted by molar-refractivity contribution is 7.80. The molecule has 136 valence electrons. The molecule has 1 aliphatic rings. The molecular formula is C19H21N3O3S. The summed E-state index contributed by atoms with van der Waals surface area (Å²) in [5.74, 6) is 1.23. The number of ether oxygens (including phenoxy) is 2. The van der Waals surface area contributed by atoms with Crippen LogP contribution in [-0.2, 0) is 11.4 Å². The van der Waals surface area contributed by atoms with Crippen molar-refractivity contribution in [2.24, 2.45) is 0 Å². The lowest BCUT2D eigenvalue weighted by molar-refractivity contribution is -0.128. The molecule has 0 bridgehead atoms. The lowest BCUT2D eigenvalue weighted by atomic mass is 10.1. The quantitative estimate of drug-likeness (QED) is 0.788. The zero-order valence-electron chi connectivity index (χ0n) is 14.9. The van der Waals surface area contributed by atoms with Crippen LogP contribution in [0.3, 0.4) is 0 Å². The van der Waals surface area contributed by atoms with Crippen LogP contribution in [0, 0.1) is 0 Å². The van der Waals surface area contributed by atoms with Crippen molar-refractivity contribution in [2.45, 2.75) is 32.5 Å². The second-order valence-corrected chi connectivity index (χ2v) is 6.50. The predicted octanol–water partition coefficient (Wildman–Crippen LogP) is 2.84. The molecule has 0 aliphatic carbocycles. The Kier molecular flexibility index (Phi) is 5.37. The van der Waals surface area contributed by atoms with Crippen molar-refractivity contribution in [1.82, 2.24) is 15.2 Å². The van der Waals surface area contributed by atoms with Crippen molar-refractivity contribution >= 4 is 23.2 Å². The molecule has 0 saturated carbocycles. The highest BCUT2D eigenvalue weighted by Gasteiger charge is 2.36. The van der Waals surface area contributed by atoms with Crippen LogP contribution in [0.15, 0.2) is 42.7 Å². The molecule has 6 nitrogen and oxygen atoms in total. The lowest BCUT2D eigenvalue weighted by Crippen LogP contribution is -2.33. The standard InChI is InChI=1S/C19H21N3O3S/c1-12-18(23)22(19(26)21-12)13(2)15-4-5-16(17(10-15)24-3)25-11-14-6-8-20-9-7-14/h4-10,12-13H,11H2,1-3H3,(H,21,26). The van der Waals surface area contributed by atoms with E-state index in [1.54, 1.807) is 31.3 Å². The zero-order chi connectivity index (χ0) is 18.7. The molecule has 2 heterocycles. The van der Waals surface area contributed by atoms with Gasteiger partial charge in [-0.25, -0.2) is 0 Å². The molecule has 1 aliphatic heterocycles. The summed E-state index contributed by atoms with van der Waals surface area (Å²) in [5, 5.41) is 3.44. The van der Waals surface area contributed by atoms with Gasteiger partial charge in [0, 0.05) is 12.4 Å². The van der Waals surface area contributed by atoms with E-state index in [0.29, 0.717) is 23.2 Å². The van der Waals surface area contributed by atoms with Gasteiger partial charge in [-0.1, -0.05) is 6.07 Å². The number of methoxy groups -OCH3 is 1. The first-order valence-corrected chi connectivity index (χ1v) is 8.75. The molecule has 1 N–H and O–H groups in total. The number of carbonyl (C=O) groups is 1. The molecule has 3 rings (SSSR count). The normalized spacial score (nSPS) is 17.8. The second kappa shape index (κ2) is 7.70. The van der Waals surface area contributed by atoms with Gasteiger partial charge in [0.05, 0.1) is 13.2 Å². The third-order valence-corrected chi connectivity index (χ3v) is 4.68. The fourth-order valence-corrected chi connectivity index (χ4v) is 3.27. The first-order chi connectivity index (χ1) is 12.5. The van der Waals surface area contributed by atoms with E-state index < -0.39 is 0 Å². The Hall–Kier alpha value is -2.67. The molecule has 26 heavy (non-hydrogen) atoms. The highest BCUT2D eigenvalue weighted by atomic mass is 32.1. The Morgan fingerprint density at radius 3 is 2.62 bits per heavy atom. The first kappa shape index (κ1) is 18.1. The molecule has 0 radical (unpaired) electrons. The second-order valence-electron chi connectivity index (χ2n) is 6.11. The summed E-state index contributed by atoms with van der Waals surface area (Å²) in [5.41, 5.74) is 1.94. The minimum atomic E-state index is -0.296. The molecule has 1 amide bonds. The van der Waals surface area contributed by atoms with Crippen LogP contribution in [0.5, 0.6) is 11.5 Å². The average Bonchev–Trinajstić information content (AvgIpc) is 2.92. The van der Waals surface area contributed by atoms with E-state index in [1.165, 1.54) is 0 Å². The van der Waals surface area contributed by atoms with E-state index in [2.05, 4.69) is 10.3 Å². The van der Waals surface area contributed by atoms with E-state index in [-0.39, 0.29) is 18.0 Å². The maximum atomic E-state index is 12.3. The summed E-state index contributed by atoms with van der Waals surface area (Å²) in [7, 11) is 1.60. The molecular weight excluding hydrogens is 350 g/mol. The number of hydrogen-bond donors (Lipinski definition) is 1. The van der Waals surface area contributed by atoms with Gasteiger partial charge >= 0.3 is 0 Å². The third kappa shape index (κ3) is 3.62. The predicted molar refractivity (Wildman–Crippen MR) is 102 cm³/mol. The molecule has 7 heteroatoms. The highest BCUT2D eigenvalue weighted by Crippen LogP contribution is 2.33. The Labute approximate surface area is 158 Å². The summed E-state index contributed by atoms with van der Waals surface area (Å²) >= 11 is 5.29. The number of benzene rings is 1. The number of hydrogen-bond acceptors (Lipinski definition) is 5. The van der Waals surface area contributed by atoms with E-state index >= 15 is 0 Å². The van der Waals surface area contributed by atoms with E-state index in [4.69, 9.17) is 21.7 Å². The average molecular weight is 371 g/mol. The van der Waals surface area contributed by atoms with Crippen LogP contribution >= 0.6 is 12.2 Å². The maximum absolute atomic E-state index is 12.3. The minimum absolute atomic E-state index is 0.0283. The summed E-state index contributed by atoms with van der Waals surface area (Å²) in [6, 6.07) is 8.96. The van der Waals surface area contributed by atoms with Gasteiger partial charge in [0.1, 0.15) is 12.6 Å². The summed E-state index contributed by atoms with van der Waals surface area (Å²) in [6.45, 7) is 4.16. The van der Waals surface area contributed by atoms with Crippen molar-refractivity contribution in [3.8, 4) is 11.5 Å². The Bertz CT molecular complexity index is 813. The van der Waals surface area contributed by atoms with E-state index in [0.717, 1.165) is 11.1 Å². The molecule has 2 unspecified atom stereocenters. The van der Waals surface area contributed by atoms with Crippen molar-refractivity contribution in [3.05, 3.63) is 53.9 Å². The van der Waals surface area contributed by atoms with Crippen LogP contribution in [0.2, 0.25) is 0 Å². The number of carbonyl (C=O) groups excluding carboxylic acids is 1. The van der Waals surface area contributed by atoms with Gasteiger partial charge in [0.15, 0.2) is 16.6 Å². The molecule has 1 aromatic carbocycles. The largest absolute Gasteiger partial charge is 0.493 e. The molecule has 0 spiro atoms. The fourth-order valence-electron chi connectivity index (χ4n) is 2.84. The van der Waals surface area contributed by atoms with Gasteiger partial charge in [-0.3, -0.25) is 14.7 Å². The summed E-state index contributed by atoms with van der Waals surface area (Å²) < 4.78 is 11.3. The number of pyridine rings is 1. The number of thiocarbonyl (C=S) groups is 1. The van der Waals surface area contributed by atoms with Gasteiger partial charge in [-0.05, 0) is 61.5 Å². The van der Waals surface area contributed by atoms with Crippen LogP contribution in [0.25, 0.3) is 0 Å². The van der Waals surface area contributed by atoms with Gasteiger partial charge in [0.25, 0.3) is 5.91 Å². The Morgan fingerprint density at radius 1 is 1.27 bits per heavy atom. The Balaban J connectivity index is 1.78. The minimum Gasteiger partial charge on any atom is -0.493 e. The maximum Gasteiger partial charge on any atom is 0.251 e. The molecule has 2 aromatic rings.